The fraction of sp³-hybridized carbons (Fsp3) is 0.560. The van der Waals surface area contributed by atoms with Crippen molar-refractivity contribution in [3.8, 4) is 10.4 Å². The number of rotatable bonds is 7. The van der Waals surface area contributed by atoms with Crippen molar-refractivity contribution in [1.82, 2.24) is 15.2 Å². The predicted molar refractivity (Wildman–Crippen MR) is 125 cm³/mol. The van der Waals surface area contributed by atoms with Gasteiger partial charge in [0.1, 0.15) is 0 Å². The van der Waals surface area contributed by atoms with Crippen molar-refractivity contribution >= 4 is 11.3 Å². The van der Waals surface area contributed by atoms with Gasteiger partial charge in [0.2, 0.25) is 0 Å². The molecule has 2 saturated heterocycles. The molecule has 1 aromatic heterocycles. The molecule has 0 amide bonds. The van der Waals surface area contributed by atoms with Crippen molar-refractivity contribution in [2.75, 3.05) is 26.2 Å². The normalized spacial score (nSPS) is 18.9. The molecular weight excluding hydrogens is 374 g/mol. The zero-order valence-electron chi connectivity index (χ0n) is 18.2. The third-order valence-electron chi connectivity index (χ3n) is 6.54. The third-order valence-corrected chi connectivity index (χ3v) is 7.75. The highest BCUT2D eigenvalue weighted by Crippen LogP contribution is 2.38. The lowest BCUT2D eigenvalue weighted by molar-refractivity contribution is 0.110. The molecule has 4 rings (SSSR count). The summed E-state index contributed by atoms with van der Waals surface area (Å²) in [7, 11) is 0. The average Bonchev–Trinajstić information content (AvgIpc) is 3.15. The fourth-order valence-electron chi connectivity index (χ4n) is 4.54. The van der Waals surface area contributed by atoms with Crippen molar-refractivity contribution in [2.45, 2.75) is 64.3 Å². The third kappa shape index (κ3) is 4.82. The summed E-state index contributed by atoms with van der Waals surface area (Å²) in [5, 5.41) is 4.83. The van der Waals surface area contributed by atoms with Crippen molar-refractivity contribution in [3.05, 3.63) is 52.7 Å². The van der Waals surface area contributed by atoms with E-state index in [0.717, 1.165) is 39.0 Å². The number of thiazole rings is 1. The van der Waals surface area contributed by atoms with Crippen molar-refractivity contribution in [3.63, 3.8) is 0 Å². The van der Waals surface area contributed by atoms with Crippen molar-refractivity contribution in [1.29, 1.82) is 0 Å². The van der Waals surface area contributed by atoms with Gasteiger partial charge in [0, 0.05) is 31.2 Å². The SMILES string of the molecule is C=C(C)CCc1ccc(-c2cnc(C3CN(C(C)C)C3)s2)cc1C1CCNCC1. The number of piperidine rings is 1. The second-order valence-electron chi connectivity index (χ2n) is 9.20. The van der Waals surface area contributed by atoms with Gasteiger partial charge in [-0.15, -0.1) is 17.9 Å². The van der Waals surface area contributed by atoms with Crippen LogP contribution >= 0.6 is 11.3 Å². The summed E-state index contributed by atoms with van der Waals surface area (Å²) in [6.45, 7) is 15.4. The predicted octanol–water partition coefficient (Wildman–Crippen LogP) is 5.59. The first-order valence-corrected chi connectivity index (χ1v) is 12.0. The van der Waals surface area contributed by atoms with E-state index < -0.39 is 0 Å². The quantitative estimate of drug-likeness (QED) is 0.604. The molecule has 2 aliphatic rings. The maximum absolute atomic E-state index is 4.80. The molecule has 1 N–H and O–H groups in total. The maximum Gasteiger partial charge on any atom is 0.0987 e. The van der Waals surface area contributed by atoms with Crippen LogP contribution in [0, 0.1) is 0 Å². The summed E-state index contributed by atoms with van der Waals surface area (Å²) in [5.41, 5.74) is 5.70. The molecule has 2 fully saturated rings. The smallest absolute Gasteiger partial charge is 0.0987 e. The molecule has 0 saturated carbocycles. The van der Waals surface area contributed by atoms with Gasteiger partial charge in [-0.1, -0.05) is 17.7 Å². The van der Waals surface area contributed by atoms with Crippen LogP contribution in [0.15, 0.2) is 36.5 Å². The number of aryl methyl sites for hydroxylation is 1. The van der Waals surface area contributed by atoms with E-state index in [-0.39, 0.29) is 0 Å². The Morgan fingerprint density at radius 3 is 2.69 bits per heavy atom. The van der Waals surface area contributed by atoms with Crippen LogP contribution in [0.3, 0.4) is 0 Å². The molecule has 0 radical (unpaired) electrons. The minimum Gasteiger partial charge on any atom is -0.317 e. The molecule has 2 aromatic rings. The highest BCUT2D eigenvalue weighted by Gasteiger charge is 2.31. The number of aromatic nitrogens is 1. The summed E-state index contributed by atoms with van der Waals surface area (Å²) in [6.07, 6.45) is 6.77. The summed E-state index contributed by atoms with van der Waals surface area (Å²) in [6, 6.07) is 7.81. The lowest BCUT2D eigenvalue weighted by atomic mass is 9.84. The van der Waals surface area contributed by atoms with E-state index in [9.17, 15) is 0 Å². The van der Waals surface area contributed by atoms with E-state index in [1.807, 2.05) is 11.3 Å². The van der Waals surface area contributed by atoms with E-state index in [2.05, 4.69) is 62.0 Å². The van der Waals surface area contributed by atoms with E-state index in [4.69, 9.17) is 4.98 Å². The number of allylic oxidation sites excluding steroid dienone is 1. The Labute approximate surface area is 180 Å². The maximum atomic E-state index is 4.80. The van der Waals surface area contributed by atoms with Crippen LogP contribution in [0.1, 0.15) is 68.0 Å². The van der Waals surface area contributed by atoms with E-state index in [1.165, 1.54) is 39.4 Å². The molecule has 4 heteroatoms. The van der Waals surface area contributed by atoms with Crippen LogP contribution in [-0.4, -0.2) is 42.1 Å². The first-order chi connectivity index (χ1) is 14.0. The monoisotopic (exact) mass is 409 g/mol. The molecule has 0 atom stereocenters. The zero-order chi connectivity index (χ0) is 20.4. The summed E-state index contributed by atoms with van der Waals surface area (Å²) in [4.78, 5) is 8.65. The summed E-state index contributed by atoms with van der Waals surface area (Å²) >= 11 is 1.90. The van der Waals surface area contributed by atoms with Gasteiger partial charge in [0.15, 0.2) is 0 Å². The van der Waals surface area contributed by atoms with Crippen molar-refractivity contribution < 1.29 is 0 Å². The molecule has 0 unspecified atom stereocenters. The Kier molecular flexibility index (Phi) is 6.53. The van der Waals surface area contributed by atoms with Gasteiger partial charge in [0.25, 0.3) is 0 Å². The molecule has 2 aliphatic heterocycles. The minimum absolute atomic E-state index is 0.620. The Bertz CT molecular complexity index is 842. The number of nitrogens with one attached hydrogen (secondary N) is 1. The molecule has 156 valence electrons. The van der Waals surface area contributed by atoms with Gasteiger partial charge in [-0.2, -0.15) is 0 Å². The summed E-state index contributed by atoms with van der Waals surface area (Å²) < 4.78 is 0. The Balaban J connectivity index is 1.55. The van der Waals surface area contributed by atoms with E-state index in [1.54, 1.807) is 5.56 Å². The molecule has 3 heterocycles. The second-order valence-corrected chi connectivity index (χ2v) is 10.3. The molecular formula is C25H35N3S. The first-order valence-electron chi connectivity index (χ1n) is 11.2. The van der Waals surface area contributed by atoms with Crippen LogP contribution in [0.2, 0.25) is 0 Å². The largest absolute Gasteiger partial charge is 0.317 e. The van der Waals surface area contributed by atoms with Gasteiger partial charge in [-0.25, -0.2) is 4.98 Å². The first kappa shape index (κ1) is 20.8. The Morgan fingerprint density at radius 2 is 2.00 bits per heavy atom. The van der Waals surface area contributed by atoms with Crippen molar-refractivity contribution in [2.24, 2.45) is 0 Å². The number of likely N-dealkylation sites (tertiary alicyclic amines) is 1. The van der Waals surface area contributed by atoms with Crippen LogP contribution in [0.25, 0.3) is 10.4 Å². The Hall–Kier alpha value is -1.49. The number of benzene rings is 1. The standard InChI is InChI=1S/C25H35N3S/c1-17(2)5-6-19-7-8-21(13-23(19)20-9-11-26-12-10-20)24-14-27-25(29-24)22-15-28(16-22)18(3)4/h7-8,13-14,18,20,22,26H,1,5-6,9-12,15-16H2,2-4H3. The topological polar surface area (TPSA) is 28.2 Å². The zero-order valence-corrected chi connectivity index (χ0v) is 19.0. The highest BCUT2D eigenvalue weighted by molar-refractivity contribution is 7.15. The number of hydrogen-bond donors (Lipinski definition) is 1. The lowest BCUT2D eigenvalue weighted by Gasteiger charge is -2.41. The lowest BCUT2D eigenvalue weighted by Crippen LogP contribution is -2.48. The minimum atomic E-state index is 0.620. The fourth-order valence-corrected chi connectivity index (χ4v) is 5.53. The molecule has 3 nitrogen and oxygen atoms in total. The van der Waals surface area contributed by atoms with Crippen LogP contribution in [0.5, 0.6) is 0 Å². The molecule has 0 bridgehead atoms. The van der Waals surface area contributed by atoms with Gasteiger partial charge < -0.3 is 5.32 Å². The second kappa shape index (κ2) is 9.11. The van der Waals surface area contributed by atoms with E-state index in [0.29, 0.717) is 17.9 Å². The number of nitrogens with zero attached hydrogens (tertiary/aromatic N) is 2. The average molecular weight is 410 g/mol. The van der Waals surface area contributed by atoms with Gasteiger partial charge in [-0.3, -0.25) is 4.90 Å². The summed E-state index contributed by atoms with van der Waals surface area (Å²) in [5.74, 6) is 1.30. The van der Waals surface area contributed by atoms with Gasteiger partial charge in [-0.05, 0) is 88.2 Å². The number of hydrogen-bond acceptors (Lipinski definition) is 4. The molecule has 0 aliphatic carbocycles. The van der Waals surface area contributed by atoms with Crippen LogP contribution < -0.4 is 5.32 Å². The molecule has 0 spiro atoms. The van der Waals surface area contributed by atoms with E-state index >= 15 is 0 Å². The van der Waals surface area contributed by atoms with Crippen LogP contribution in [-0.2, 0) is 6.42 Å². The Morgan fingerprint density at radius 1 is 1.24 bits per heavy atom. The molecule has 1 aromatic carbocycles. The highest BCUT2D eigenvalue weighted by atomic mass is 32.1. The van der Waals surface area contributed by atoms with Crippen LogP contribution in [0.4, 0.5) is 0 Å². The van der Waals surface area contributed by atoms with Gasteiger partial charge in [0.05, 0.1) is 9.88 Å². The van der Waals surface area contributed by atoms with Gasteiger partial charge >= 0.3 is 0 Å². The molecule has 29 heavy (non-hydrogen) atoms.